The third-order valence-corrected chi connectivity index (χ3v) is 11.9. The predicted molar refractivity (Wildman–Crippen MR) is 208 cm³/mol. The summed E-state index contributed by atoms with van der Waals surface area (Å²) >= 11 is 0. The summed E-state index contributed by atoms with van der Waals surface area (Å²) in [7, 11) is -9.19. The van der Waals surface area contributed by atoms with Crippen molar-refractivity contribution in [2.45, 2.75) is 32.6 Å². The fraction of sp³-hybridized carbons (Fsp3) is 0.171. The van der Waals surface area contributed by atoms with Gasteiger partial charge in [-0.25, -0.2) is 9.36 Å². The molecule has 0 radical (unpaired) electrons. The first-order valence-electron chi connectivity index (χ1n) is 18.0. The Kier molecular flexibility index (Phi) is 11.7. The van der Waals surface area contributed by atoms with Crippen LogP contribution >= 0.6 is 15.6 Å². The molecule has 1 fully saturated rings. The van der Waals surface area contributed by atoms with Gasteiger partial charge in [0.15, 0.2) is 5.70 Å². The molecule has 17 heteroatoms. The first kappa shape index (κ1) is 39.8. The van der Waals surface area contributed by atoms with E-state index < -0.39 is 56.4 Å². The lowest BCUT2D eigenvalue weighted by atomic mass is 9.79. The van der Waals surface area contributed by atoms with E-state index in [0.29, 0.717) is 5.56 Å². The van der Waals surface area contributed by atoms with Crippen LogP contribution < -0.4 is 18.1 Å². The van der Waals surface area contributed by atoms with Gasteiger partial charge in [0.1, 0.15) is 35.4 Å². The highest BCUT2D eigenvalue weighted by molar-refractivity contribution is 7.49. The number of phosphoric ester groups is 2. The summed E-state index contributed by atoms with van der Waals surface area (Å²) in [4.78, 5) is 40.0. The summed E-state index contributed by atoms with van der Waals surface area (Å²) in [5, 5.41) is 11.2. The zero-order valence-electron chi connectivity index (χ0n) is 31.0. The number of nitrogens with zero attached hydrogens (tertiary/aromatic N) is 2. The Bertz CT molecular complexity index is 2290. The standard InChI is InChI=1S/C41H36N2O13P2/c1-28-37-36(29(2)51-57(48,52-32-15-7-3-8-16-32)53-33-17-9-4-10-18-33)40(44)42(37)38(41(45)50-27-30-23-25-31(26-24-30)43(46)47)39(28)56-58(49,54-34-19-11-5-12-20-34)55-35-21-13-6-14-22-35/h3-26,28-29,36-37H,27H2,1-2H3/t28-,29-,36-,37-/m1/s1. The normalized spacial score (nSPS) is 18.0. The van der Waals surface area contributed by atoms with E-state index in [4.69, 9.17) is 31.9 Å². The number of benzene rings is 5. The van der Waals surface area contributed by atoms with Crippen LogP contribution in [0.4, 0.5) is 5.69 Å². The maximum Gasteiger partial charge on any atom is 0.646 e. The maximum atomic E-state index is 14.6. The second-order valence-corrected chi connectivity index (χ2v) is 16.1. The first-order chi connectivity index (χ1) is 27.9. The van der Waals surface area contributed by atoms with E-state index in [-0.39, 0.29) is 46.7 Å². The van der Waals surface area contributed by atoms with Crippen molar-refractivity contribution >= 4 is 33.2 Å². The zero-order valence-corrected chi connectivity index (χ0v) is 32.8. The van der Waals surface area contributed by atoms with Gasteiger partial charge in [0.25, 0.3) is 5.69 Å². The monoisotopic (exact) mass is 826 g/mol. The van der Waals surface area contributed by atoms with Gasteiger partial charge in [-0.05, 0) is 73.2 Å². The summed E-state index contributed by atoms with van der Waals surface area (Å²) in [6.45, 7) is 2.83. The fourth-order valence-corrected chi connectivity index (χ4v) is 9.29. The molecule has 0 saturated carbocycles. The number of ether oxygens (including phenoxy) is 1. The lowest BCUT2D eigenvalue weighted by molar-refractivity contribution is -0.384. The minimum absolute atomic E-state index is 0.127. The van der Waals surface area contributed by atoms with E-state index in [1.165, 1.54) is 55.5 Å². The van der Waals surface area contributed by atoms with E-state index in [2.05, 4.69) is 0 Å². The summed E-state index contributed by atoms with van der Waals surface area (Å²) < 4.78 is 70.1. The number of nitro groups is 1. The zero-order chi connectivity index (χ0) is 40.9. The molecule has 7 rings (SSSR count). The number of phosphoric acid groups is 2. The van der Waals surface area contributed by atoms with Crippen LogP contribution in [0, 0.1) is 22.0 Å². The summed E-state index contributed by atoms with van der Waals surface area (Å²) in [6, 6.07) is 37.2. The van der Waals surface area contributed by atoms with Gasteiger partial charge in [-0.1, -0.05) is 79.7 Å². The van der Waals surface area contributed by atoms with E-state index in [1.807, 2.05) is 0 Å². The number of rotatable bonds is 17. The van der Waals surface area contributed by atoms with Crippen molar-refractivity contribution in [2.24, 2.45) is 11.8 Å². The molecule has 58 heavy (non-hydrogen) atoms. The number of hydrogen-bond donors (Lipinski definition) is 0. The van der Waals surface area contributed by atoms with Gasteiger partial charge in [0, 0.05) is 18.1 Å². The number of amides is 1. The number of non-ortho nitro benzene ring substituents is 1. The van der Waals surface area contributed by atoms with Crippen LogP contribution in [0.15, 0.2) is 157 Å². The minimum Gasteiger partial charge on any atom is -0.456 e. The highest BCUT2D eigenvalue weighted by Crippen LogP contribution is 2.59. The third-order valence-electron chi connectivity index (χ3n) is 9.15. The Morgan fingerprint density at radius 1 is 0.690 bits per heavy atom. The molecule has 0 spiro atoms. The molecule has 2 heterocycles. The van der Waals surface area contributed by atoms with Gasteiger partial charge in [-0.2, -0.15) is 4.57 Å². The predicted octanol–water partition coefficient (Wildman–Crippen LogP) is 9.28. The van der Waals surface area contributed by atoms with Gasteiger partial charge >= 0.3 is 21.6 Å². The average molecular weight is 827 g/mol. The molecule has 2 aliphatic rings. The van der Waals surface area contributed by atoms with Crippen LogP contribution in [0.1, 0.15) is 19.4 Å². The first-order valence-corrected chi connectivity index (χ1v) is 20.9. The lowest BCUT2D eigenvalue weighted by Crippen LogP contribution is -2.64. The molecule has 1 amide bonds. The number of carbonyl (C=O) groups excluding carboxylic acids is 2. The van der Waals surface area contributed by atoms with Crippen molar-refractivity contribution in [1.82, 2.24) is 4.90 Å². The molecule has 0 aromatic heterocycles. The molecule has 0 bridgehead atoms. The lowest BCUT2D eigenvalue weighted by Gasteiger charge is -2.47. The van der Waals surface area contributed by atoms with Gasteiger partial charge < -0.3 is 27.4 Å². The molecular weight excluding hydrogens is 790 g/mol. The fourth-order valence-electron chi connectivity index (χ4n) is 6.50. The number of fused-ring (bicyclic) bond motifs is 1. The molecule has 298 valence electrons. The van der Waals surface area contributed by atoms with Crippen molar-refractivity contribution in [3.63, 3.8) is 0 Å². The van der Waals surface area contributed by atoms with E-state index in [9.17, 15) is 28.8 Å². The number of carbonyl (C=O) groups is 2. The van der Waals surface area contributed by atoms with Gasteiger partial charge in [-0.3, -0.25) is 24.3 Å². The molecule has 4 atom stereocenters. The number of hydrogen-bond acceptors (Lipinski definition) is 13. The SMILES string of the molecule is C[C@@H](OP(=O)(Oc1ccccc1)Oc1ccccc1)[C@H]1C(=O)N2C(C(=O)OCc3ccc([N+](=O)[O-])cc3)=C(OP(=O)(Oc3ccccc3)Oc3ccccc3)[C@H](C)[C@H]12. The number of para-hydroxylation sites is 4. The number of β-lactam (4-membered cyclic amide) rings is 1. The largest absolute Gasteiger partial charge is 0.646 e. The van der Waals surface area contributed by atoms with Crippen LogP contribution in [0.3, 0.4) is 0 Å². The third kappa shape index (κ3) is 8.92. The molecule has 0 N–H and O–H groups in total. The van der Waals surface area contributed by atoms with Crippen molar-refractivity contribution in [3.05, 3.63) is 173 Å². The summed E-state index contributed by atoms with van der Waals surface area (Å²) in [6.07, 6.45) is -1.14. The van der Waals surface area contributed by atoms with Crippen LogP contribution in [-0.4, -0.2) is 33.8 Å². The summed E-state index contributed by atoms with van der Waals surface area (Å²) in [5.41, 5.74) is -0.113. The van der Waals surface area contributed by atoms with Crippen LogP contribution in [0.2, 0.25) is 0 Å². The Morgan fingerprint density at radius 2 is 1.12 bits per heavy atom. The van der Waals surface area contributed by atoms with Crippen molar-refractivity contribution in [3.8, 4) is 23.0 Å². The molecule has 1 saturated heterocycles. The second kappa shape index (κ2) is 17.0. The molecule has 0 aliphatic carbocycles. The topological polar surface area (TPSA) is 179 Å². The summed E-state index contributed by atoms with van der Waals surface area (Å²) in [5.74, 6) is -3.18. The average Bonchev–Trinajstić information content (AvgIpc) is 3.44. The van der Waals surface area contributed by atoms with Gasteiger partial charge in [0.2, 0.25) is 5.91 Å². The Morgan fingerprint density at radius 3 is 1.55 bits per heavy atom. The van der Waals surface area contributed by atoms with Crippen LogP contribution in [-0.2, 0) is 39.1 Å². The van der Waals surface area contributed by atoms with Crippen molar-refractivity contribution < 1.29 is 55.5 Å². The van der Waals surface area contributed by atoms with E-state index in [1.54, 1.807) is 104 Å². The highest BCUT2D eigenvalue weighted by Gasteiger charge is 2.63. The molecular formula is C41H36N2O13P2. The van der Waals surface area contributed by atoms with E-state index in [0.717, 1.165) is 4.90 Å². The second-order valence-electron chi connectivity index (χ2n) is 13.1. The highest BCUT2D eigenvalue weighted by atomic mass is 31.2. The quantitative estimate of drug-likeness (QED) is 0.0285. The Balaban J connectivity index is 1.20. The number of esters is 1. The molecule has 2 aliphatic heterocycles. The molecule has 5 aromatic carbocycles. The maximum absolute atomic E-state index is 14.6. The smallest absolute Gasteiger partial charge is 0.456 e. The number of nitro benzene ring substituents is 1. The van der Waals surface area contributed by atoms with Crippen LogP contribution in [0.5, 0.6) is 23.0 Å². The molecule has 5 aromatic rings. The van der Waals surface area contributed by atoms with Crippen molar-refractivity contribution in [2.75, 3.05) is 0 Å². The Labute approximate surface area is 333 Å². The van der Waals surface area contributed by atoms with Gasteiger partial charge in [-0.15, -0.1) is 0 Å². The van der Waals surface area contributed by atoms with Gasteiger partial charge in [0.05, 0.1) is 23.0 Å². The molecule has 15 nitrogen and oxygen atoms in total. The van der Waals surface area contributed by atoms with Crippen LogP contribution in [0.25, 0.3) is 0 Å². The minimum atomic E-state index is -4.70. The van der Waals surface area contributed by atoms with Crippen molar-refractivity contribution in [1.29, 1.82) is 0 Å². The molecule has 0 unspecified atom stereocenters. The Hall–Kier alpha value is -6.40. The van der Waals surface area contributed by atoms with E-state index >= 15 is 0 Å².